The minimum absolute atomic E-state index is 0.137. The van der Waals surface area contributed by atoms with Gasteiger partial charge >= 0.3 is 0 Å². The van der Waals surface area contributed by atoms with Gasteiger partial charge in [-0.25, -0.2) is 14.4 Å². The highest BCUT2D eigenvalue weighted by atomic mass is 35.5. The molecule has 0 fully saturated rings. The summed E-state index contributed by atoms with van der Waals surface area (Å²) in [6.45, 7) is 4.91. The van der Waals surface area contributed by atoms with Gasteiger partial charge in [-0.05, 0) is 42.7 Å². The third kappa shape index (κ3) is 4.86. The fourth-order valence-corrected chi connectivity index (χ4v) is 4.66. The largest absolute Gasteiger partial charge is 0.494 e. The van der Waals surface area contributed by atoms with Crippen molar-refractivity contribution < 1.29 is 9.13 Å². The Morgan fingerprint density at radius 3 is 2.65 bits per heavy atom. The van der Waals surface area contributed by atoms with E-state index in [1.54, 1.807) is 12.3 Å². The number of aryl methyl sites for hydroxylation is 1. The van der Waals surface area contributed by atoms with Gasteiger partial charge in [0.1, 0.15) is 12.1 Å². The van der Waals surface area contributed by atoms with E-state index >= 15 is 0 Å². The van der Waals surface area contributed by atoms with Crippen molar-refractivity contribution in [2.75, 3.05) is 12.4 Å². The van der Waals surface area contributed by atoms with Crippen molar-refractivity contribution in [1.29, 1.82) is 0 Å². The molecular formula is C27H27ClFN7O. The summed E-state index contributed by atoms with van der Waals surface area (Å²) in [6, 6.07) is 13.7. The van der Waals surface area contributed by atoms with Crippen molar-refractivity contribution in [1.82, 2.24) is 29.5 Å². The molecule has 0 amide bonds. The molecule has 3 heterocycles. The Morgan fingerprint density at radius 2 is 1.95 bits per heavy atom. The summed E-state index contributed by atoms with van der Waals surface area (Å²) in [5.74, 6) is 0.223. The van der Waals surface area contributed by atoms with Gasteiger partial charge in [-0.1, -0.05) is 42.8 Å². The van der Waals surface area contributed by atoms with Gasteiger partial charge in [-0.2, -0.15) is 10.2 Å². The maximum Gasteiger partial charge on any atom is 0.186 e. The number of nitrogens with zero attached hydrogens (tertiary/aromatic N) is 6. The van der Waals surface area contributed by atoms with Crippen LogP contribution in [-0.4, -0.2) is 36.6 Å². The van der Waals surface area contributed by atoms with Crippen molar-refractivity contribution in [2.45, 2.75) is 39.4 Å². The SMILES string of the molecule is CCc1c2c(NCc3c(Cl)ccc(OC)c3F)ncnc2nn1Cc1ccc(C(C)n2cccn2)cc1. The van der Waals surface area contributed by atoms with E-state index in [2.05, 4.69) is 58.5 Å². The summed E-state index contributed by atoms with van der Waals surface area (Å²) in [5, 5.41) is 13.4. The quantitative estimate of drug-likeness (QED) is 0.271. The zero-order valence-electron chi connectivity index (χ0n) is 20.8. The first kappa shape index (κ1) is 24.7. The fourth-order valence-electron chi connectivity index (χ4n) is 4.45. The van der Waals surface area contributed by atoms with Crippen molar-refractivity contribution >= 4 is 28.5 Å². The Labute approximate surface area is 219 Å². The molecule has 0 saturated heterocycles. The lowest BCUT2D eigenvalue weighted by Gasteiger charge is -2.14. The summed E-state index contributed by atoms with van der Waals surface area (Å²) in [7, 11) is 1.42. The fraction of sp³-hybridized carbons (Fsp3) is 0.259. The Morgan fingerprint density at radius 1 is 1.14 bits per heavy atom. The lowest BCUT2D eigenvalue weighted by Crippen LogP contribution is -2.09. The molecule has 0 bridgehead atoms. The molecule has 1 unspecified atom stereocenters. The Hall–Kier alpha value is -3.98. The van der Waals surface area contributed by atoms with E-state index in [4.69, 9.17) is 21.4 Å². The second kappa shape index (κ2) is 10.6. The molecule has 0 saturated carbocycles. The standard InChI is InChI=1S/C27H27ClFN7O/c1-4-22-24-26(30-14-20-21(28)10-11-23(37-3)25(20)29)31-16-32-27(24)34-36(22)15-18-6-8-19(9-7-18)17(2)35-13-5-12-33-35/h5-13,16-17H,4,14-15H2,1-3H3,(H,30,31,32,34). The third-order valence-corrected chi connectivity index (χ3v) is 6.85. The second-order valence-electron chi connectivity index (χ2n) is 8.68. The van der Waals surface area contributed by atoms with Crippen LogP contribution in [0.4, 0.5) is 10.2 Å². The average Bonchev–Trinajstić information content (AvgIpc) is 3.57. The summed E-state index contributed by atoms with van der Waals surface area (Å²) >= 11 is 6.27. The van der Waals surface area contributed by atoms with Gasteiger partial charge in [0, 0.05) is 29.5 Å². The predicted octanol–water partition coefficient (Wildman–Crippen LogP) is 5.66. The van der Waals surface area contributed by atoms with Crippen LogP contribution in [0.25, 0.3) is 11.0 Å². The van der Waals surface area contributed by atoms with Crippen LogP contribution in [0.1, 0.15) is 42.3 Å². The first-order valence-corrected chi connectivity index (χ1v) is 12.4. The van der Waals surface area contributed by atoms with E-state index in [9.17, 15) is 4.39 Å². The van der Waals surface area contributed by atoms with Crippen molar-refractivity contribution in [3.8, 4) is 5.75 Å². The molecule has 0 aliphatic heterocycles. The average molecular weight is 520 g/mol. The number of hydrogen-bond acceptors (Lipinski definition) is 6. The Kier molecular flexibility index (Phi) is 7.05. The molecule has 0 aliphatic carbocycles. The van der Waals surface area contributed by atoms with E-state index in [-0.39, 0.29) is 18.3 Å². The minimum Gasteiger partial charge on any atom is -0.494 e. The predicted molar refractivity (Wildman–Crippen MR) is 142 cm³/mol. The Bertz CT molecular complexity index is 1520. The normalized spacial score (nSPS) is 12.1. The number of aromatic nitrogens is 6. The van der Waals surface area contributed by atoms with E-state index < -0.39 is 5.82 Å². The van der Waals surface area contributed by atoms with Crippen LogP contribution in [0.3, 0.4) is 0 Å². The number of ether oxygens (including phenoxy) is 1. The first-order chi connectivity index (χ1) is 18.0. The molecule has 1 N–H and O–H groups in total. The van der Waals surface area contributed by atoms with Crippen LogP contribution in [0, 0.1) is 5.82 Å². The van der Waals surface area contributed by atoms with Crippen molar-refractivity contribution in [3.05, 3.63) is 94.4 Å². The smallest absolute Gasteiger partial charge is 0.186 e. The Balaban J connectivity index is 1.40. The number of nitrogens with one attached hydrogen (secondary N) is 1. The molecule has 1 atom stereocenters. The van der Waals surface area contributed by atoms with Gasteiger partial charge in [0.25, 0.3) is 0 Å². The van der Waals surface area contributed by atoms with Gasteiger partial charge in [-0.3, -0.25) is 9.36 Å². The molecule has 2 aromatic carbocycles. The summed E-state index contributed by atoms with van der Waals surface area (Å²) in [5.41, 5.74) is 4.17. The molecule has 3 aromatic heterocycles. The van der Waals surface area contributed by atoms with Gasteiger partial charge in [-0.15, -0.1) is 0 Å². The maximum absolute atomic E-state index is 14.8. The van der Waals surface area contributed by atoms with E-state index in [0.29, 0.717) is 28.6 Å². The minimum atomic E-state index is -0.496. The van der Waals surface area contributed by atoms with Crippen molar-refractivity contribution in [3.63, 3.8) is 0 Å². The molecular weight excluding hydrogens is 493 g/mol. The van der Waals surface area contributed by atoms with Gasteiger partial charge in [0.2, 0.25) is 0 Å². The molecule has 37 heavy (non-hydrogen) atoms. The number of anilines is 1. The number of hydrogen-bond donors (Lipinski definition) is 1. The lowest BCUT2D eigenvalue weighted by atomic mass is 10.1. The number of methoxy groups -OCH3 is 1. The van der Waals surface area contributed by atoms with Crippen LogP contribution in [0.15, 0.2) is 61.2 Å². The second-order valence-corrected chi connectivity index (χ2v) is 9.09. The molecule has 5 aromatic rings. The highest BCUT2D eigenvalue weighted by Gasteiger charge is 2.18. The molecule has 0 radical (unpaired) electrons. The van der Waals surface area contributed by atoms with Crippen LogP contribution in [0.5, 0.6) is 5.75 Å². The molecule has 8 nitrogen and oxygen atoms in total. The monoisotopic (exact) mass is 519 g/mol. The van der Waals surface area contributed by atoms with Gasteiger partial charge < -0.3 is 10.1 Å². The number of fused-ring (bicyclic) bond motifs is 1. The number of benzene rings is 2. The zero-order valence-corrected chi connectivity index (χ0v) is 21.6. The van der Waals surface area contributed by atoms with Gasteiger partial charge in [0.15, 0.2) is 17.2 Å². The van der Waals surface area contributed by atoms with E-state index in [1.807, 2.05) is 21.6 Å². The summed E-state index contributed by atoms with van der Waals surface area (Å²) < 4.78 is 23.8. The van der Waals surface area contributed by atoms with Crippen LogP contribution >= 0.6 is 11.6 Å². The van der Waals surface area contributed by atoms with Gasteiger partial charge in [0.05, 0.1) is 30.8 Å². The third-order valence-electron chi connectivity index (χ3n) is 6.50. The van der Waals surface area contributed by atoms with Crippen LogP contribution < -0.4 is 10.1 Å². The van der Waals surface area contributed by atoms with Crippen LogP contribution in [-0.2, 0) is 19.5 Å². The molecule has 10 heteroatoms. The van der Waals surface area contributed by atoms with E-state index in [0.717, 1.165) is 23.1 Å². The molecule has 5 rings (SSSR count). The highest BCUT2D eigenvalue weighted by Crippen LogP contribution is 2.30. The topological polar surface area (TPSA) is 82.7 Å². The van der Waals surface area contributed by atoms with Crippen LogP contribution in [0.2, 0.25) is 5.02 Å². The summed E-state index contributed by atoms with van der Waals surface area (Å²) in [4.78, 5) is 8.81. The number of halogens is 2. The highest BCUT2D eigenvalue weighted by molar-refractivity contribution is 6.31. The first-order valence-electron chi connectivity index (χ1n) is 12.0. The molecule has 0 aliphatic rings. The lowest BCUT2D eigenvalue weighted by molar-refractivity contribution is 0.384. The molecule has 190 valence electrons. The van der Waals surface area contributed by atoms with Crippen molar-refractivity contribution in [2.24, 2.45) is 0 Å². The molecule has 0 spiro atoms. The van der Waals surface area contributed by atoms with E-state index in [1.165, 1.54) is 25.1 Å². The maximum atomic E-state index is 14.8. The zero-order chi connectivity index (χ0) is 25.9. The summed E-state index contributed by atoms with van der Waals surface area (Å²) in [6.07, 6.45) is 5.93. The number of rotatable bonds is 9.